The van der Waals surface area contributed by atoms with E-state index in [0.717, 1.165) is 11.1 Å². The Kier molecular flexibility index (Phi) is 14.9. The van der Waals surface area contributed by atoms with Crippen LogP contribution >= 0.6 is 0 Å². The van der Waals surface area contributed by atoms with Crippen LogP contribution in [0.25, 0.3) is 0 Å². The second kappa shape index (κ2) is 18.3. The van der Waals surface area contributed by atoms with Gasteiger partial charge in [-0.25, -0.2) is 8.42 Å². The van der Waals surface area contributed by atoms with Gasteiger partial charge < -0.3 is 20.8 Å². The number of likely N-dealkylation sites (N-methyl/N-ethyl adjacent to an activating group) is 1. The van der Waals surface area contributed by atoms with Crippen LogP contribution in [0.4, 0.5) is 0 Å². The molecule has 3 atom stereocenters. The molecule has 0 unspecified atom stereocenters. The summed E-state index contributed by atoms with van der Waals surface area (Å²) in [7, 11) is -2.07. The maximum atomic E-state index is 13.9. The van der Waals surface area contributed by atoms with Crippen LogP contribution < -0.4 is 10.6 Å². The van der Waals surface area contributed by atoms with Crippen LogP contribution in [0.15, 0.2) is 89.8 Å². The Labute approximate surface area is 276 Å². The summed E-state index contributed by atoms with van der Waals surface area (Å²) in [5, 5.41) is 26.4. The number of hydrogen-bond donors (Lipinski definition) is 4. The van der Waals surface area contributed by atoms with Gasteiger partial charge in [0.2, 0.25) is 15.9 Å². The van der Waals surface area contributed by atoms with E-state index in [1.807, 2.05) is 81.6 Å². The number of nitrogens with one attached hydrogen (secondary N) is 2. The van der Waals surface area contributed by atoms with Gasteiger partial charge in [0.1, 0.15) is 0 Å². The lowest BCUT2D eigenvalue weighted by molar-refractivity contribution is -0.124. The minimum Gasteiger partial charge on any atom is -0.395 e. The van der Waals surface area contributed by atoms with Gasteiger partial charge in [-0.2, -0.15) is 4.31 Å². The van der Waals surface area contributed by atoms with Crippen molar-refractivity contribution in [1.29, 1.82) is 0 Å². The number of sulfonamides is 1. The van der Waals surface area contributed by atoms with Crippen molar-refractivity contribution in [2.45, 2.75) is 88.9 Å². The summed E-state index contributed by atoms with van der Waals surface area (Å²) in [6.07, 6.45) is 2.37. The molecule has 4 N–H and O–H groups in total. The lowest BCUT2D eigenvalue weighted by atomic mass is 9.84. The summed E-state index contributed by atoms with van der Waals surface area (Å²) < 4.78 is 29.0. The molecule has 3 aromatic rings. The molecule has 0 saturated carbocycles. The highest BCUT2D eigenvalue weighted by Crippen LogP contribution is 2.29. The molecule has 0 bridgehead atoms. The number of amides is 1. The molecule has 1 amide bonds. The SMILES string of the molecule is CN[C@H](C(=O)N[C@H](CCC[C@@H](CO)N(CCC(C)C)S(=O)(=O)c1ccc(CO)cc1)C(C)C)C(c1ccccc1)c1ccccc1. The minimum absolute atomic E-state index is 0.0925. The average Bonchev–Trinajstić information content (AvgIpc) is 3.06. The van der Waals surface area contributed by atoms with Crippen molar-refractivity contribution < 1.29 is 23.4 Å². The topological polar surface area (TPSA) is 119 Å². The van der Waals surface area contributed by atoms with E-state index in [2.05, 4.69) is 24.5 Å². The quantitative estimate of drug-likeness (QED) is 0.140. The first-order valence-corrected chi connectivity index (χ1v) is 17.9. The molecule has 46 heavy (non-hydrogen) atoms. The highest BCUT2D eigenvalue weighted by Gasteiger charge is 2.33. The first kappa shape index (κ1) is 37.4. The van der Waals surface area contributed by atoms with Crippen LogP contribution in [-0.2, 0) is 21.4 Å². The van der Waals surface area contributed by atoms with Crippen molar-refractivity contribution in [3.05, 3.63) is 102 Å². The predicted molar refractivity (Wildman–Crippen MR) is 185 cm³/mol. The van der Waals surface area contributed by atoms with Gasteiger partial charge in [-0.1, -0.05) is 100 Å². The zero-order chi connectivity index (χ0) is 33.7. The third kappa shape index (κ3) is 10.2. The van der Waals surface area contributed by atoms with Crippen molar-refractivity contribution >= 4 is 15.9 Å². The van der Waals surface area contributed by atoms with Gasteiger partial charge in [-0.3, -0.25) is 4.79 Å². The Morgan fingerprint density at radius 3 is 1.83 bits per heavy atom. The summed E-state index contributed by atoms with van der Waals surface area (Å²) in [6.45, 7) is 8.06. The van der Waals surface area contributed by atoms with E-state index in [0.29, 0.717) is 37.8 Å². The van der Waals surface area contributed by atoms with E-state index in [1.165, 1.54) is 16.4 Å². The Morgan fingerprint density at radius 1 is 0.804 bits per heavy atom. The van der Waals surface area contributed by atoms with Crippen LogP contribution in [0.3, 0.4) is 0 Å². The molecule has 0 aliphatic heterocycles. The zero-order valence-corrected chi connectivity index (χ0v) is 28.8. The number of rotatable bonds is 19. The normalized spacial score (nSPS) is 14.2. The van der Waals surface area contributed by atoms with Crippen LogP contribution in [0.2, 0.25) is 0 Å². The predicted octanol–water partition coefficient (Wildman–Crippen LogP) is 5.31. The fourth-order valence-corrected chi connectivity index (χ4v) is 7.54. The summed E-state index contributed by atoms with van der Waals surface area (Å²) in [5.41, 5.74) is 2.72. The second-order valence-corrected chi connectivity index (χ2v) is 14.7. The smallest absolute Gasteiger partial charge is 0.243 e. The molecular weight excluding hydrogens is 598 g/mol. The van der Waals surface area contributed by atoms with E-state index >= 15 is 0 Å². The highest BCUT2D eigenvalue weighted by molar-refractivity contribution is 7.89. The molecule has 0 heterocycles. The van der Waals surface area contributed by atoms with Gasteiger partial charge in [0, 0.05) is 24.5 Å². The standard InChI is InChI=1S/C37H53N3O5S/c1-27(2)23-24-40(46(44,45)33-21-19-29(25-41)20-22-33)32(26-42)17-12-18-34(28(3)4)39-37(43)36(38-5)35(30-13-8-6-9-14-30)31-15-10-7-11-16-31/h6-11,13-16,19-22,27-28,32,34-36,38,41-42H,12,17-18,23-26H2,1-5H3,(H,39,43)/t32-,34+,36-/m0/s1. The molecule has 8 nitrogen and oxygen atoms in total. The van der Waals surface area contributed by atoms with Crippen LogP contribution in [0.1, 0.15) is 76.0 Å². The maximum absolute atomic E-state index is 13.9. The summed E-state index contributed by atoms with van der Waals surface area (Å²) >= 11 is 0. The van der Waals surface area contributed by atoms with Gasteiger partial charge >= 0.3 is 0 Å². The fourth-order valence-electron chi connectivity index (χ4n) is 5.88. The number of benzene rings is 3. The van der Waals surface area contributed by atoms with Crippen molar-refractivity contribution in [2.75, 3.05) is 20.2 Å². The number of carbonyl (C=O) groups is 1. The fraction of sp³-hybridized carbons (Fsp3) is 0.486. The number of nitrogens with zero attached hydrogens (tertiary/aromatic N) is 1. The highest BCUT2D eigenvalue weighted by atomic mass is 32.2. The van der Waals surface area contributed by atoms with Gasteiger partial charge in [0.15, 0.2) is 0 Å². The van der Waals surface area contributed by atoms with Crippen molar-refractivity contribution in [3.8, 4) is 0 Å². The van der Waals surface area contributed by atoms with Gasteiger partial charge in [-0.05, 0) is 73.4 Å². The Bertz CT molecular complexity index is 1380. The van der Waals surface area contributed by atoms with Crippen LogP contribution in [0.5, 0.6) is 0 Å². The van der Waals surface area contributed by atoms with Crippen molar-refractivity contribution in [1.82, 2.24) is 14.9 Å². The number of carbonyl (C=O) groups excluding carboxylic acids is 1. The van der Waals surface area contributed by atoms with E-state index in [4.69, 9.17) is 0 Å². The third-order valence-electron chi connectivity index (χ3n) is 8.69. The molecule has 0 aliphatic rings. The van der Waals surface area contributed by atoms with Crippen molar-refractivity contribution in [2.24, 2.45) is 11.8 Å². The Balaban J connectivity index is 1.76. The zero-order valence-electron chi connectivity index (χ0n) is 28.0. The number of aliphatic hydroxyl groups is 2. The molecule has 0 radical (unpaired) electrons. The molecule has 0 aliphatic carbocycles. The second-order valence-electron chi connectivity index (χ2n) is 12.8. The van der Waals surface area contributed by atoms with Gasteiger partial charge in [0.05, 0.1) is 24.2 Å². The van der Waals surface area contributed by atoms with Crippen LogP contribution in [0, 0.1) is 11.8 Å². The monoisotopic (exact) mass is 651 g/mol. The van der Waals surface area contributed by atoms with Crippen molar-refractivity contribution in [3.63, 3.8) is 0 Å². The average molecular weight is 652 g/mol. The van der Waals surface area contributed by atoms with Gasteiger partial charge in [0.25, 0.3) is 0 Å². The lowest BCUT2D eigenvalue weighted by Crippen LogP contribution is -2.51. The molecule has 0 saturated heterocycles. The molecule has 9 heteroatoms. The molecule has 0 spiro atoms. The Morgan fingerprint density at radius 2 is 1.37 bits per heavy atom. The minimum atomic E-state index is -3.88. The molecular formula is C37H53N3O5S. The van der Waals surface area contributed by atoms with E-state index < -0.39 is 22.1 Å². The van der Waals surface area contributed by atoms with E-state index in [9.17, 15) is 23.4 Å². The summed E-state index contributed by atoms with van der Waals surface area (Å²) in [4.78, 5) is 14.0. The third-order valence-corrected chi connectivity index (χ3v) is 10.7. The number of hydrogen-bond acceptors (Lipinski definition) is 6. The maximum Gasteiger partial charge on any atom is 0.243 e. The lowest BCUT2D eigenvalue weighted by Gasteiger charge is -2.32. The molecule has 0 fully saturated rings. The van der Waals surface area contributed by atoms with E-state index in [-0.39, 0.29) is 47.8 Å². The first-order valence-electron chi connectivity index (χ1n) is 16.4. The molecule has 252 valence electrons. The summed E-state index contributed by atoms with van der Waals surface area (Å²) in [5.74, 6) is 0.145. The number of aliphatic hydroxyl groups excluding tert-OH is 2. The van der Waals surface area contributed by atoms with Gasteiger partial charge in [-0.15, -0.1) is 0 Å². The van der Waals surface area contributed by atoms with E-state index in [1.54, 1.807) is 12.1 Å². The first-order chi connectivity index (χ1) is 22.0. The Hall–Kier alpha value is -3.08. The summed E-state index contributed by atoms with van der Waals surface area (Å²) in [6, 6.07) is 25.1. The van der Waals surface area contributed by atoms with Crippen LogP contribution in [-0.4, -0.2) is 67.2 Å². The molecule has 3 aromatic carbocycles. The molecule has 0 aromatic heterocycles. The largest absolute Gasteiger partial charge is 0.395 e. The molecule has 3 rings (SSSR count).